The van der Waals surface area contributed by atoms with E-state index < -0.39 is 5.97 Å². The summed E-state index contributed by atoms with van der Waals surface area (Å²) in [7, 11) is 0. The Morgan fingerprint density at radius 2 is 2.12 bits per heavy atom. The van der Waals surface area contributed by atoms with E-state index in [1.54, 1.807) is 0 Å². The Bertz CT molecular complexity index is 524. The average Bonchev–Trinajstić information content (AvgIpc) is 2.77. The van der Waals surface area contributed by atoms with Crippen LogP contribution in [0, 0.1) is 5.82 Å². The third-order valence-corrected chi connectivity index (χ3v) is 2.90. The smallest absolute Gasteiger partial charge is 0.347 e. The Morgan fingerprint density at radius 1 is 1.41 bits per heavy atom. The summed E-state index contributed by atoms with van der Waals surface area (Å²) in [5, 5.41) is 9.26. The highest BCUT2D eigenvalue weighted by molar-refractivity contribution is 7.13. The predicted octanol–water partition coefficient (Wildman–Crippen LogP) is 2.56. The number of hydrogen-bond donors (Lipinski definition) is 1. The van der Waals surface area contributed by atoms with Crippen molar-refractivity contribution in [3.63, 3.8) is 0 Å². The number of nitrogens with zero attached hydrogens (tertiary/aromatic N) is 1. The van der Waals surface area contributed by atoms with Crippen molar-refractivity contribution in [2.24, 2.45) is 0 Å². The molecule has 0 atom stereocenters. The monoisotopic (exact) mass is 253 g/mol. The van der Waals surface area contributed by atoms with Gasteiger partial charge in [-0.3, -0.25) is 0 Å². The number of halogens is 1. The molecule has 1 N–H and O–H groups in total. The third-order valence-electron chi connectivity index (χ3n) is 1.94. The van der Waals surface area contributed by atoms with Crippen LogP contribution in [0.4, 0.5) is 4.39 Å². The molecule has 88 valence electrons. The van der Waals surface area contributed by atoms with Crippen LogP contribution in [0.3, 0.4) is 0 Å². The first-order valence-corrected chi connectivity index (χ1v) is 5.53. The number of benzene rings is 1. The standard InChI is InChI=1S/C11H8FNO3S/c12-7-1-3-8(4-2-7)16-6-10-13-5-9(17-10)11(14)15/h1-5H,6H2,(H,14,15). The molecule has 0 radical (unpaired) electrons. The molecule has 6 heteroatoms. The molecule has 1 aromatic carbocycles. The molecule has 0 spiro atoms. The first-order chi connectivity index (χ1) is 8.15. The van der Waals surface area contributed by atoms with Crippen molar-refractivity contribution in [1.29, 1.82) is 0 Å². The first kappa shape index (κ1) is 11.5. The quantitative estimate of drug-likeness (QED) is 0.909. The summed E-state index contributed by atoms with van der Waals surface area (Å²) in [6.45, 7) is 0.170. The number of carbonyl (C=O) groups is 1. The lowest BCUT2D eigenvalue weighted by Gasteiger charge is -2.02. The minimum atomic E-state index is -1.00. The molecule has 0 bridgehead atoms. The van der Waals surface area contributed by atoms with E-state index in [4.69, 9.17) is 9.84 Å². The van der Waals surface area contributed by atoms with Gasteiger partial charge in [-0.05, 0) is 24.3 Å². The molecule has 0 fully saturated rings. The number of carboxylic acids is 1. The third kappa shape index (κ3) is 3.01. The molecule has 0 amide bonds. The lowest BCUT2D eigenvalue weighted by Crippen LogP contribution is -1.94. The molecule has 1 aromatic heterocycles. The van der Waals surface area contributed by atoms with Crippen LogP contribution in [0.5, 0.6) is 5.75 Å². The number of rotatable bonds is 4. The minimum Gasteiger partial charge on any atom is -0.486 e. The molecule has 0 saturated carbocycles. The molecule has 17 heavy (non-hydrogen) atoms. The van der Waals surface area contributed by atoms with Gasteiger partial charge >= 0.3 is 5.97 Å². The summed E-state index contributed by atoms with van der Waals surface area (Å²) in [6, 6.07) is 5.59. The molecule has 0 saturated heterocycles. The maximum atomic E-state index is 12.6. The maximum Gasteiger partial charge on any atom is 0.347 e. The molecule has 1 heterocycles. The molecule has 4 nitrogen and oxygen atoms in total. The zero-order valence-electron chi connectivity index (χ0n) is 8.59. The van der Waals surface area contributed by atoms with Crippen LogP contribution in [-0.2, 0) is 6.61 Å². The van der Waals surface area contributed by atoms with Crippen molar-refractivity contribution in [3.8, 4) is 5.75 Å². The van der Waals surface area contributed by atoms with Gasteiger partial charge in [0.25, 0.3) is 0 Å². The first-order valence-electron chi connectivity index (χ1n) is 4.71. The predicted molar refractivity (Wildman–Crippen MR) is 59.8 cm³/mol. The lowest BCUT2D eigenvalue weighted by molar-refractivity contribution is 0.0702. The van der Waals surface area contributed by atoms with Crippen molar-refractivity contribution in [2.75, 3.05) is 0 Å². The van der Waals surface area contributed by atoms with Gasteiger partial charge in [0.05, 0.1) is 6.20 Å². The van der Waals surface area contributed by atoms with Crippen molar-refractivity contribution >= 4 is 17.3 Å². The second-order valence-electron chi connectivity index (χ2n) is 3.17. The van der Waals surface area contributed by atoms with Crippen molar-refractivity contribution in [2.45, 2.75) is 6.61 Å². The Hall–Kier alpha value is -1.95. The topological polar surface area (TPSA) is 59.4 Å². The van der Waals surface area contributed by atoms with E-state index in [1.807, 2.05) is 0 Å². The molecular formula is C11H8FNO3S. The number of hydrogen-bond acceptors (Lipinski definition) is 4. The van der Waals surface area contributed by atoms with E-state index in [1.165, 1.54) is 30.5 Å². The average molecular weight is 253 g/mol. The zero-order valence-corrected chi connectivity index (χ0v) is 9.41. The van der Waals surface area contributed by atoms with Gasteiger partial charge in [-0.25, -0.2) is 14.2 Å². The number of aromatic nitrogens is 1. The fourth-order valence-corrected chi connectivity index (χ4v) is 1.82. The molecule has 0 aliphatic heterocycles. The van der Waals surface area contributed by atoms with E-state index in [0.29, 0.717) is 10.8 Å². The van der Waals surface area contributed by atoms with E-state index in [2.05, 4.69) is 4.98 Å². The number of thiazole rings is 1. The fourth-order valence-electron chi connectivity index (χ4n) is 1.15. The van der Waals surface area contributed by atoms with Crippen LogP contribution in [0.1, 0.15) is 14.7 Å². The number of ether oxygens (including phenoxy) is 1. The second kappa shape index (κ2) is 4.92. The zero-order chi connectivity index (χ0) is 12.3. The van der Waals surface area contributed by atoms with Gasteiger partial charge < -0.3 is 9.84 Å². The largest absolute Gasteiger partial charge is 0.486 e. The summed E-state index contributed by atoms with van der Waals surface area (Å²) >= 11 is 1.05. The summed E-state index contributed by atoms with van der Waals surface area (Å²) in [5.74, 6) is -0.825. The Morgan fingerprint density at radius 3 is 2.71 bits per heavy atom. The highest BCUT2D eigenvalue weighted by Gasteiger charge is 2.08. The maximum absolute atomic E-state index is 12.6. The summed E-state index contributed by atoms with van der Waals surface area (Å²) < 4.78 is 17.9. The Labute approximate surface area is 100 Å². The summed E-state index contributed by atoms with van der Waals surface area (Å²) in [6.07, 6.45) is 1.29. The van der Waals surface area contributed by atoms with Gasteiger partial charge in [-0.15, -0.1) is 11.3 Å². The molecule has 2 rings (SSSR count). The summed E-state index contributed by atoms with van der Waals surface area (Å²) in [5.41, 5.74) is 0. The number of carboxylic acid groups (broad SMARTS) is 1. The van der Waals surface area contributed by atoms with E-state index in [0.717, 1.165) is 11.3 Å². The summed E-state index contributed by atoms with van der Waals surface area (Å²) in [4.78, 5) is 14.7. The van der Waals surface area contributed by atoms with E-state index in [-0.39, 0.29) is 17.3 Å². The Balaban J connectivity index is 1.97. The van der Waals surface area contributed by atoms with Crippen LogP contribution in [0.2, 0.25) is 0 Å². The molecular weight excluding hydrogens is 245 g/mol. The van der Waals surface area contributed by atoms with Gasteiger partial charge in [-0.2, -0.15) is 0 Å². The molecule has 0 aliphatic carbocycles. The van der Waals surface area contributed by atoms with Crippen LogP contribution < -0.4 is 4.74 Å². The van der Waals surface area contributed by atoms with Crippen LogP contribution in [0.15, 0.2) is 30.5 Å². The fraction of sp³-hybridized carbons (Fsp3) is 0.0909. The Kier molecular flexibility index (Phi) is 3.34. The highest BCUT2D eigenvalue weighted by atomic mass is 32.1. The molecule has 0 aliphatic rings. The van der Waals surface area contributed by atoms with Gasteiger partial charge in [0.2, 0.25) is 0 Å². The normalized spacial score (nSPS) is 10.2. The minimum absolute atomic E-state index is 0.169. The van der Waals surface area contributed by atoms with Gasteiger partial charge in [0, 0.05) is 0 Å². The SMILES string of the molecule is O=C(O)c1cnc(COc2ccc(F)cc2)s1. The lowest BCUT2D eigenvalue weighted by atomic mass is 10.3. The van der Waals surface area contributed by atoms with Crippen LogP contribution >= 0.6 is 11.3 Å². The number of aromatic carboxylic acids is 1. The molecule has 0 unspecified atom stereocenters. The van der Waals surface area contributed by atoms with E-state index in [9.17, 15) is 9.18 Å². The molecule has 2 aromatic rings. The van der Waals surface area contributed by atoms with Crippen molar-refractivity contribution in [1.82, 2.24) is 4.98 Å². The van der Waals surface area contributed by atoms with Crippen molar-refractivity contribution < 1.29 is 19.0 Å². The van der Waals surface area contributed by atoms with E-state index >= 15 is 0 Å². The van der Waals surface area contributed by atoms with Crippen molar-refractivity contribution in [3.05, 3.63) is 46.2 Å². The van der Waals surface area contributed by atoms with Gasteiger partial charge in [0.1, 0.15) is 28.1 Å². The van der Waals surface area contributed by atoms with Gasteiger partial charge in [-0.1, -0.05) is 0 Å². The van der Waals surface area contributed by atoms with Crippen LogP contribution in [-0.4, -0.2) is 16.1 Å². The van der Waals surface area contributed by atoms with Gasteiger partial charge in [0.15, 0.2) is 0 Å². The second-order valence-corrected chi connectivity index (χ2v) is 4.28. The highest BCUT2D eigenvalue weighted by Crippen LogP contribution is 2.17. The van der Waals surface area contributed by atoms with Crippen LogP contribution in [0.25, 0.3) is 0 Å².